The van der Waals surface area contributed by atoms with Crippen molar-refractivity contribution in [2.75, 3.05) is 32.9 Å². The predicted octanol–water partition coefficient (Wildman–Crippen LogP) is 2.02. The maximum absolute atomic E-state index is 13.6. The molecule has 1 fully saturated rings. The van der Waals surface area contributed by atoms with E-state index in [9.17, 15) is 17.6 Å². The van der Waals surface area contributed by atoms with E-state index in [2.05, 4.69) is 5.32 Å². The number of nitrogens with zero attached hydrogens (tertiary/aromatic N) is 1. The molecule has 1 saturated heterocycles. The van der Waals surface area contributed by atoms with Gasteiger partial charge in [-0.2, -0.15) is 0 Å². The SMILES string of the molecule is FC[C@H](c1c(F)cc(F)cc1F)N1CCNCC1. The molecule has 1 aromatic carbocycles. The van der Waals surface area contributed by atoms with E-state index in [1.54, 1.807) is 4.90 Å². The fourth-order valence-corrected chi connectivity index (χ4v) is 2.22. The third kappa shape index (κ3) is 2.64. The molecule has 0 unspecified atom stereocenters. The van der Waals surface area contributed by atoms with E-state index < -0.39 is 30.2 Å². The van der Waals surface area contributed by atoms with Gasteiger partial charge in [-0.3, -0.25) is 4.90 Å². The van der Waals surface area contributed by atoms with Crippen molar-refractivity contribution < 1.29 is 17.6 Å². The minimum atomic E-state index is -1.03. The Kier molecular flexibility index (Phi) is 4.19. The van der Waals surface area contributed by atoms with E-state index in [4.69, 9.17) is 0 Å². The number of halogens is 4. The van der Waals surface area contributed by atoms with Gasteiger partial charge in [0.05, 0.1) is 6.04 Å². The van der Waals surface area contributed by atoms with Crippen LogP contribution in [0.25, 0.3) is 0 Å². The van der Waals surface area contributed by atoms with E-state index >= 15 is 0 Å². The Hall–Kier alpha value is -1.14. The molecule has 2 rings (SSSR count). The molecule has 1 atom stereocenters. The smallest absolute Gasteiger partial charge is 0.133 e. The maximum atomic E-state index is 13.6. The minimum Gasteiger partial charge on any atom is -0.314 e. The van der Waals surface area contributed by atoms with Crippen molar-refractivity contribution in [2.24, 2.45) is 0 Å². The van der Waals surface area contributed by atoms with Gasteiger partial charge in [0, 0.05) is 43.9 Å². The van der Waals surface area contributed by atoms with Crippen molar-refractivity contribution in [2.45, 2.75) is 6.04 Å². The first-order chi connectivity index (χ1) is 8.63. The fraction of sp³-hybridized carbons (Fsp3) is 0.500. The van der Waals surface area contributed by atoms with Gasteiger partial charge < -0.3 is 5.32 Å². The van der Waals surface area contributed by atoms with Crippen molar-refractivity contribution in [1.29, 1.82) is 0 Å². The molecule has 0 radical (unpaired) electrons. The van der Waals surface area contributed by atoms with Crippen LogP contribution in [-0.2, 0) is 0 Å². The standard InChI is InChI=1S/C12H14F4N2/c13-7-11(18-3-1-17-2-4-18)12-9(15)5-8(14)6-10(12)16/h5-6,11,17H,1-4,7H2/t11-/m1/s1. The number of alkyl halides is 1. The van der Waals surface area contributed by atoms with Crippen LogP contribution in [0.1, 0.15) is 11.6 Å². The highest BCUT2D eigenvalue weighted by Gasteiger charge is 2.28. The van der Waals surface area contributed by atoms with Gasteiger partial charge in [-0.15, -0.1) is 0 Å². The van der Waals surface area contributed by atoms with Gasteiger partial charge in [0.2, 0.25) is 0 Å². The Balaban J connectivity index is 2.32. The van der Waals surface area contributed by atoms with Crippen molar-refractivity contribution in [1.82, 2.24) is 10.2 Å². The summed E-state index contributed by atoms with van der Waals surface area (Å²) in [6.07, 6.45) is 0. The van der Waals surface area contributed by atoms with Crippen LogP contribution in [0.4, 0.5) is 17.6 Å². The fourth-order valence-electron chi connectivity index (χ4n) is 2.22. The lowest BCUT2D eigenvalue weighted by Crippen LogP contribution is -2.46. The van der Waals surface area contributed by atoms with Crippen LogP contribution in [-0.4, -0.2) is 37.8 Å². The van der Waals surface area contributed by atoms with Gasteiger partial charge in [0.1, 0.15) is 24.1 Å². The number of hydrogen-bond acceptors (Lipinski definition) is 2. The number of benzene rings is 1. The molecule has 100 valence electrons. The summed E-state index contributed by atoms with van der Waals surface area (Å²) < 4.78 is 53.1. The average molecular weight is 262 g/mol. The molecule has 0 saturated carbocycles. The quantitative estimate of drug-likeness (QED) is 0.838. The molecule has 1 aliphatic rings. The summed E-state index contributed by atoms with van der Waals surface area (Å²) in [5, 5.41) is 3.07. The van der Waals surface area contributed by atoms with Crippen LogP contribution in [0.3, 0.4) is 0 Å². The molecule has 0 bridgehead atoms. The molecule has 0 aliphatic carbocycles. The highest BCUT2D eigenvalue weighted by atomic mass is 19.1. The second-order valence-electron chi connectivity index (χ2n) is 4.24. The van der Waals surface area contributed by atoms with Crippen molar-refractivity contribution >= 4 is 0 Å². The minimum absolute atomic E-state index is 0.388. The molecular formula is C12H14F4N2. The van der Waals surface area contributed by atoms with Gasteiger partial charge in [-0.1, -0.05) is 0 Å². The third-order valence-corrected chi connectivity index (χ3v) is 3.12. The average Bonchev–Trinajstić information content (AvgIpc) is 2.34. The normalized spacial score (nSPS) is 18.9. The summed E-state index contributed by atoms with van der Waals surface area (Å²) >= 11 is 0. The molecule has 1 heterocycles. The first-order valence-corrected chi connectivity index (χ1v) is 5.78. The summed E-state index contributed by atoms with van der Waals surface area (Å²) in [4.78, 5) is 1.66. The van der Waals surface area contributed by atoms with E-state index in [-0.39, 0.29) is 5.56 Å². The second-order valence-corrected chi connectivity index (χ2v) is 4.24. The molecule has 1 N–H and O–H groups in total. The van der Waals surface area contributed by atoms with Crippen LogP contribution < -0.4 is 5.32 Å². The first-order valence-electron chi connectivity index (χ1n) is 5.78. The molecular weight excluding hydrogens is 248 g/mol. The van der Waals surface area contributed by atoms with Crippen LogP contribution >= 0.6 is 0 Å². The summed E-state index contributed by atoms with van der Waals surface area (Å²) in [6.45, 7) is 1.39. The van der Waals surface area contributed by atoms with Crippen molar-refractivity contribution in [3.63, 3.8) is 0 Å². The van der Waals surface area contributed by atoms with Gasteiger partial charge >= 0.3 is 0 Å². The van der Waals surface area contributed by atoms with Gasteiger partial charge in [0.15, 0.2) is 0 Å². The van der Waals surface area contributed by atoms with Crippen molar-refractivity contribution in [3.8, 4) is 0 Å². The summed E-state index contributed by atoms with van der Waals surface area (Å²) in [5.74, 6) is -3.06. The molecule has 18 heavy (non-hydrogen) atoms. The predicted molar refractivity (Wildman–Crippen MR) is 59.5 cm³/mol. The van der Waals surface area contributed by atoms with E-state index in [0.717, 1.165) is 0 Å². The second kappa shape index (κ2) is 5.67. The van der Waals surface area contributed by atoms with Gasteiger partial charge in [0.25, 0.3) is 0 Å². The molecule has 0 aromatic heterocycles. The zero-order valence-corrected chi connectivity index (χ0v) is 9.73. The summed E-state index contributed by atoms with van der Waals surface area (Å²) in [6, 6.07) is 0.180. The van der Waals surface area contributed by atoms with Gasteiger partial charge in [-0.25, -0.2) is 17.6 Å². The lowest BCUT2D eigenvalue weighted by molar-refractivity contribution is 0.141. The Morgan fingerprint density at radius 2 is 1.67 bits per heavy atom. The summed E-state index contributed by atoms with van der Waals surface area (Å²) in [7, 11) is 0. The van der Waals surface area contributed by atoms with E-state index in [1.807, 2.05) is 0 Å². The Morgan fingerprint density at radius 3 is 2.17 bits per heavy atom. The molecule has 1 aromatic rings. The topological polar surface area (TPSA) is 15.3 Å². The Labute approximate surface area is 103 Å². The third-order valence-electron chi connectivity index (χ3n) is 3.12. The Bertz CT molecular complexity index is 396. The first kappa shape index (κ1) is 13.3. The van der Waals surface area contributed by atoms with E-state index in [1.165, 1.54) is 0 Å². The van der Waals surface area contributed by atoms with Crippen LogP contribution in [0, 0.1) is 17.5 Å². The van der Waals surface area contributed by atoms with E-state index in [0.29, 0.717) is 38.3 Å². The summed E-state index contributed by atoms with van der Waals surface area (Å²) in [5.41, 5.74) is -0.388. The molecule has 1 aliphatic heterocycles. The molecule has 0 amide bonds. The Morgan fingerprint density at radius 1 is 1.11 bits per heavy atom. The van der Waals surface area contributed by atoms with Crippen LogP contribution in [0.15, 0.2) is 12.1 Å². The maximum Gasteiger partial charge on any atom is 0.133 e. The lowest BCUT2D eigenvalue weighted by Gasteiger charge is -2.33. The van der Waals surface area contributed by atoms with Crippen LogP contribution in [0.2, 0.25) is 0 Å². The molecule has 0 spiro atoms. The highest BCUT2D eigenvalue weighted by Crippen LogP contribution is 2.27. The highest BCUT2D eigenvalue weighted by molar-refractivity contribution is 5.24. The van der Waals surface area contributed by atoms with Crippen molar-refractivity contribution in [3.05, 3.63) is 35.1 Å². The molecule has 2 nitrogen and oxygen atoms in total. The number of piperazine rings is 1. The number of nitrogens with one attached hydrogen (secondary N) is 1. The molecule has 6 heteroatoms. The lowest BCUT2D eigenvalue weighted by atomic mass is 10.0. The zero-order valence-electron chi connectivity index (χ0n) is 9.73. The number of hydrogen-bond donors (Lipinski definition) is 1. The van der Waals surface area contributed by atoms with Gasteiger partial charge in [-0.05, 0) is 0 Å². The zero-order chi connectivity index (χ0) is 13.1. The van der Waals surface area contributed by atoms with Crippen LogP contribution in [0.5, 0.6) is 0 Å². The monoisotopic (exact) mass is 262 g/mol. The number of rotatable bonds is 3. The largest absolute Gasteiger partial charge is 0.314 e.